The highest BCUT2D eigenvalue weighted by atomic mass is 16.7. The van der Waals surface area contributed by atoms with E-state index < -0.39 is 24.5 Å². The number of carbonyl (C=O) groups is 1. The molecule has 0 aliphatic carbocycles. The molecule has 1 unspecified atom stereocenters. The molecule has 0 amide bonds. The van der Waals surface area contributed by atoms with Gasteiger partial charge >= 0.3 is 5.97 Å². The van der Waals surface area contributed by atoms with E-state index in [0.29, 0.717) is 6.42 Å². The van der Waals surface area contributed by atoms with Crippen LogP contribution in [0.15, 0.2) is 21.4 Å². The second-order valence-corrected chi connectivity index (χ2v) is 4.64. The first kappa shape index (κ1) is 18.5. The molecule has 0 aromatic carbocycles. The van der Waals surface area contributed by atoms with Gasteiger partial charge in [0, 0.05) is 16.4 Å². The maximum atomic E-state index is 11.8. The Hall–Kier alpha value is -3.80. The Morgan fingerprint density at radius 2 is 2.19 bits per heavy atom. The zero-order chi connectivity index (χ0) is 18.9. The van der Waals surface area contributed by atoms with Crippen LogP contribution in [0.4, 0.5) is 5.95 Å². The number of H-pyrrole nitrogens is 1. The van der Waals surface area contributed by atoms with Gasteiger partial charge in [-0.25, -0.2) is 4.98 Å². The number of hydrogen-bond donors (Lipinski definition) is 2. The highest BCUT2D eigenvalue weighted by Crippen LogP contribution is 2.17. The summed E-state index contributed by atoms with van der Waals surface area (Å²) in [5, 5.41) is 6.45. The van der Waals surface area contributed by atoms with Crippen LogP contribution in [0.1, 0.15) is 12.8 Å². The first-order valence-electron chi connectivity index (χ1n) is 7.12. The van der Waals surface area contributed by atoms with Gasteiger partial charge in [0.25, 0.3) is 12.0 Å². The molecule has 0 spiro atoms. The third kappa shape index (κ3) is 4.61. The number of nitrogens with two attached hydrogens (primary N) is 1. The molecule has 0 aliphatic rings. The zero-order valence-corrected chi connectivity index (χ0v) is 13.2. The third-order valence-corrected chi connectivity index (χ3v) is 2.90. The van der Waals surface area contributed by atoms with E-state index >= 15 is 0 Å². The number of anilines is 1. The van der Waals surface area contributed by atoms with E-state index in [2.05, 4.69) is 35.0 Å². The van der Waals surface area contributed by atoms with Gasteiger partial charge in [-0.3, -0.25) is 19.1 Å². The molecule has 26 heavy (non-hydrogen) atoms. The fraction of sp³-hybridized carbons (Fsp3) is 0.455. The molecule has 1 atom stereocenters. The Labute approximate surface area is 144 Å². The predicted molar refractivity (Wildman–Crippen MR) is 86.3 cm³/mol. The summed E-state index contributed by atoms with van der Waals surface area (Å²) in [4.78, 5) is 38.7. The average Bonchev–Trinajstić information content (AvgIpc) is 3.02. The van der Waals surface area contributed by atoms with Crippen molar-refractivity contribution in [1.82, 2.24) is 19.5 Å². The van der Waals surface area contributed by atoms with Gasteiger partial charge in [0.15, 0.2) is 11.2 Å². The smallest absolute Gasteiger partial charge is 0.315 e. The van der Waals surface area contributed by atoms with Crippen molar-refractivity contribution in [1.29, 1.82) is 0 Å². The maximum Gasteiger partial charge on any atom is 0.315 e. The van der Waals surface area contributed by atoms with E-state index in [1.807, 2.05) is 0 Å². The van der Waals surface area contributed by atoms with Crippen molar-refractivity contribution in [2.45, 2.75) is 12.8 Å². The van der Waals surface area contributed by atoms with Gasteiger partial charge in [-0.2, -0.15) is 4.98 Å². The number of esters is 1. The molecular weight excluding hydrogens is 350 g/mol. The second-order valence-electron chi connectivity index (χ2n) is 4.64. The molecule has 136 valence electrons. The fourth-order valence-corrected chi connectivity index (χ4v) is 1.87. The monoisotopic (exact) mass is 363 g/mol. The Kier molecular flexibility index (Phi) is 6.34. The van der Waals surface area contributed by atoms with Crippen LogP contribution in [-0.4, -0.2) is 45.2 Å². The van der Waals surface area contributed by atoms with Crippen LogP contribution in [0.2, 0.25) is 0 Å². The lowest BCUT2D eigenvalue weighted by molar-refractivity contribution is -0.200. The number of aromatic amines is 1. The molecule has 0 radical (unpaired) electrons. The van der Waals surface area contributed by atoms with Gasteiger partial charge in [0.2, 0.25) is 5.95 Å². The van der Waals surface area contributed by atoms with Crippen molar-refractivity contribution in [2.75, 3.05) is 25.4 Å². The molecule has 2 aromatic heterocycles. The summed E-state index contributed by atoms with van der Waals surface area (Å²) in [5.74, 6) is -1.03. The summed E-state index contributed by atoms with van der Waals surface area (Å²) in [6.45, 7) is -0.333. The highest BCUT2D eigenvalue weighted by molar-refractivity contribution is 5.73. The Balaban J connectivity index is 2.27. The van der Waals surface area contributed by atoms with Crippen LogP contribution < -0.4 is 11.3 Å². The molecule has 2 aromatic rings. The lowest BCUT2D eigenvalue weighted by atomic mass is 10.5. The SMILES string of the molecule is [N-]=[N+]=NCCCOC(OC(=O)CN=[N+]=[N-])n1cnc2c(=O)[nH]c(N)nc21. The zero-order valence-electron chi connectivity index (χ0n) is 13.2. The van der Waals surface area contributed by atoms with Gasteiger partial charge in [0.05, 0.1) is 6.61 Å². The average molecular weight is 363 g/mol. The van der Waals surface area contributed by atoms with E-state index in [4.69, 9.17) is 26.3 Å². The molecule has 2 heterocycles. The van der Waals surface area contributed by atoms with Crippen molar-refractivity contribution >= 4 is 23.1 Å². The molecule has 0 bridgehead atoms. The van der Waals surface area contributed by atoms with Crippen LogP contribution in [0, 0.1) is 0 Å². The number of nitrogens with one attached hydrogen (secondary N) is 1. The first-order chi connectivity index (χ1) is 12.6. The number of ether oxygens (including phenoxy) is 2. The van der Waals surface area contributed by atoms with Crippen molar-refractivity contribution in [3.05, 3.63) is 37.6 Å². The molecule has 0 saturated carbocycles. The van der Waals surface area contributed by atoms with E-state index in [9.17, 15) is 9.59 Å². The first-order valence-corrected chi connectivity index (χ1v) is 7.12. The van der Waals surface area contributed by atoms with Crippen LogP contribution in [-0.2, 0) is 14.3 Å². The topological polar surface area (TPSA) is 223 Å². The van der Waals surface area contributed by atoms with E-state index in [1.165, 1.54) is 10.9 Å². The van der Waals surface area contributed by atoms with E-state index in [0.717, 1.165) is 0 Å². The quantitative estimate of drug-likeness (QED) is 0.162. The molecule has 2 rings (SSSR count). The van der Waals surface area contributed by atoms with Crippen LogP contribution in [0.25, 0.3) is 32.0 Å². The molecule has 0 aliphatic heterocycles. The number of hydrogen-bond acceptors (Lipinski definition) is 9. The van der Waals surface area contributed by atoms with E-state index in [1.54, 1.807) is 0 Å². The summed E-state index contributed by atoms with van der Waals surface area (Å²) >= 11 is 0. The van der Waals surface area contributed by atoms with Gasteiger partial charge in [0.1, 0.15) is 12.9 Å². The minimum Gasteiger partial charge on any atom is -0.416 e. The number of aromatic nitrogens is 4. The number of nitrogens with zero attached hydrogens (tertiary/aromatic N) is 9. The standard InChI is InChI=1S/C11H13N11O4/c12-10-18-8-7(9(24)19-10)15-5-22(8)11(25-3-1-2-16-20-13)26-6(23)4-17-21-14/h5,11H,1-4H2,(H3,12,18,19,24). The van der Waals surface area contributed by atoms with Crippen molar-refractivity contribution in [3.63, 3.8) is 0 Å². The minimum absolute atomic E-state index is 0.0304. The fourth-order valence-electron chi connectivity index (χ4n) is 1.87. The molecule has 15 nitrogen and oxygen atoms in total. The van der Waals surface area contributed by atoms with Gasteiger partial charge < -0.3 is 15.2 Å². The molecule has 15 heteroatoms. The summed E-state index contributed by atoms with van der Waals surface area (Å²) in [6.07, 6.45) is 0.184. The lowest BCUT2D eigenvalue weighted by Crippen LogP contribution is -2.23. The number of carbonyl (C=O) groups excluding carboxylic acids is 1. The maximum absolute atomic E-state index is 11.8. The number of fused-ring (bicyclic) bond motifs is 1. The summed E-state index contributed by atoms with van der Waals surface area (Å²) in [6, 6.07) is 0. The summed E-state index contributed by atoms with van der Waals surface area (Å²) in [7, 11) is 0. The minimum atomic E-state index is -1.35. The summed E-state index contributed by atoms with van der Waals surface area (Å²) < 4.78 is 11.7. The second kappa shape index (κ2) is 8.89. The number of azide groups is 2. The molecular formula is C11H13N11O4. The normalized spacial score (nSPS) is 11.4. The van der Waals surface area contributed by atoms with Crippen molar-refractivity contribution < 1.29 is 14.3 Å². The van der Waals surface area contributed by atoms with Crippen LogP contribution >= 0.6 is 0 Å². The molecule has 3 N–H and O–H groups in total. The summed E-state index contributed by atoms with van der Waals surface area (Å²) in [5.41, 5.74) is 21.4. The lowest BCUT2D eigenvalue weighted by Gasteiger charge is -2.19. The van der Waals surface area contributed by atoms with Gasteiger partial charge in [-0.1, -0.05) is 10.2 Å². The Bertz CT molecular complexity index is 937. The Morgan fingerprint density at radius 1 is 1.42 bits per heavy atom. The van der Waals surface area contributed by atoms with Gasteiger partial charge in [-0.15, -0.1) is 0 Å². The highest BCUT2D eigenvalue weighted by Gasteiger charge is 2.21. The number of rotatable bonds is 9. The predicted octanol–water partition coefficient (Wildman–Crippen LogP) is 0.728. The molecule has 0 fully saturated rings. The van der Waals surface area contributed by atoms with Gasteiger partial charge in [-0.05, 0) is 17.5 Å². The van der Waals surface area contributed by atoms with Crippen LogP contribution in [0.5, 0.6) is 0 Å². The number of imidazole rings is 1. The Morgan fingerprint density at radius 3 is 2.92 bits per heavy atom. The number of nitrogen functional groups attached to an aromatic ring is 1. The third-order valence-electron chi connectivity index (χ3n) is 2.90. The largest absolute Gasteiger partial charge is 0.416 e. The van der Waals surface area contributed by atoms with Crippen molar-refractivity contribution in [2.24, 2.45) is 10.2 Å². The van der Waals surface area contributed by atoms with Crippen LogP contribution in [0.3, 0.4) is 0 Å². The van der Waals surface area contributed by atoms with E-state index in [-0.39, 0.29) is 30.3 Å². The van der Waals surface area contributed by atoms with Crippen molar-refractivity contribution in [3.8, 4) is 0 Å². The molecule has 0 saturated heterocycles.